The largest absolute Gasteiger partial charge is 0.370 e. The second kappa shape index (κ2) is 4.86. The zero-order valence-electron chi connectivity index (χ0n) is 14.1. The second-order valence-electron chi connectivity index (χ2n) is 8.16. The zero-order valence-corrected chi connectivity index (χ0v) is 15.6. The molecule has 1 saturated carbocycles. The number of fused-ring (bicyclic) bond motifs is 4. The molecular formula is C19H22Cl2N3O+. The highest BCUT2D eigenvalue weighted by Crippen LogP contribution is 2.65. The van der Waals surface area contributed by atoms with Crippen LogP contribution in [-0.2, 0) is 4.74 Å². The number of hydrogen-bond donors (Lipinski definition) is 0. The Morgan fingerprint density at radius 3 is 2.76 bits per heavy atom. The van der Waals surface area contributed by atoms with Crippen LogP contribution < -0.4 is 5.01 Å². The predicted octanol–water partition coefficient (Wildman–Crippen LogP) is 3.65. The summed E-state index contributed by atoms with van der Waals surface area (Å²) < 4.78 is 6.89. The molecule has 0 N–H and O–H groups in total. The van der Waals surface area contributed by atoms with E-state index in [1.807, 2.05) is 12.1 Å². The summed E-state index contributed by atoms with van der Waals surface area (Å²) in [5, 5.41) is 6.36. The van der Waals surface area contributed by atoms with Crippen LogP contribution in [0.3, 0.4) is 0 Å². The molecule has 1 aromatic rings. The third-order valence-electron chi connectivity index (χ3n) is 7.26. The number of halogens is 2. The molecular weight excluding hydrogens is 357 g/mol. The molecule has 6 rings (SSSR count). The number of hydrazine groups is 1. The Kier molecular flexibility index (Phi) is 2.94. The van der Waals surface area contributed by atoms with Gasteiger partial charge >= 0.3 is 0 Å². The maximum absolute atomic E-state index is 6.34. The van der Waals surface area contributed by atoms with Crippen LogP contribution in [0.15, 0.2) is 30.0 Å². The molecule has 1 aliphatic carbocycles. The van der Waals surface area contributed by atoms with Gasteiger partial charge in [0.05, 0.1) is 40.9 Å². The summed E-state index contributed by atoms with van der Waals surface area (Å²) in [6.07, 6.45) is 6.35. The van der Waals surface area contributed by atoms with Crippen molar-refractivity contribution in [3.05, 3.63) is 40.0 Å². The first-order valence-electron chi connectivity index (χ1n) is 9.35. The van der Waals surface area contributed by atoms with Crippen molar-refractivity contribution in [1.82, 2.24) is 5.01 Å². The Morgan fingerprint density at radius 1 is 1.12 bits per heavy atom. The Balaban J connectivity index is 1.43. The van der Waals surface area contributed by atoms with Crippen LogP contribution in [0.4, 0.5) is 5.69 Å². The number of hydrogen-bond acceptors (Lipinski definition) is 3. The fraction of sp³-hybridized carbons (Fsp3) is 0.579. The summed E-state index contributed by atoms with van der Waals surface area (Å²) in [7, 11) is 0. The van der Waals surface area contributed by atoms with Crippen molar-refractivity contribution in [2.75, 3.05) is 37.9 Å². The summed E-state index contributed by atoms with van der Waals surface area (Å²) in [5.74, 6) is 0.725. The minimum atomic E-state index is 0.238. The molecule has 0 aromatic heterocycles. The van der Waals surface area contributed by atoms with Gasteiger partial charge in [0.2, 0.25) is 5.66 Å². The van der Waals surface area contributed by atoms with Gasteiger partial charge in [0, 0.05) is 6.20 Å². The van der Waals surface area contributed by atoms with E-state index in [-0.39, 0.29) is 5.66 Å². The summed E-state index contributed by atoms with van der Waals surface area (Å²) in [4.78, 5) is 0. The quantitative estimate of drug-likeness (QED) is 0.547. The highest BCUT2D eigenvalue weighted by molar-refractivity contribution is 6.42. The zero-order chi connectivity index (χ0) is 16.8. The number of ether oxygens (including phenoxy) is 1. The smallest absolute Gasteiger partial charge is 0.248 e. The van der Waals surface area contributed by atoms with Crippen LogP contribution in [0.1, 0.15) is 19.3 Å². The van der Waals surface area contributed by atoms with Crippen LogP contribution in [-0.4, -0.2) is 54.0 Å². The van der Waals surface area contributed by atoms with Gasteiger partial charge in [0.1, 0.15) is 13.1 Å². The molecule has 6 heteroatoms. The molecule has 0 amide bonds. The maximum atomic E-state index is 6.34. The van der Waals surface area contributed by atoms with Crippen LogP contribution in [0.5, 0.6) is 0 Å². The molecule has 132 valence electrons. The van der Waals surface area contributed by atoms with E-state index in [2.05, 4.69) is 22.3 Å². The summed E-state index contributed by atoms with van der Waals surface area (Å²) >= 11 is 12.5. The predicted molar refractivity (Wildman–Crippen MR) is 98.4 cm³/mol. The molecule has 25 heavy (non-hydrogen) atoms. The van der Waals surface area contributed by atoms with Crippen molar-refractivity contribution >= 4 is 28.9 Å². The molecule has 4 nitrogen and oxygen atoms in total. The van der Waals surface area contributed by atoms with E-state index < -0.39 is 0 Å². The third kappa shape index (κ3) is 1.72. The van der Waals surface area contributed by atoms with E-state index in [4.69, 9.17) is 27.9 Å². The van der Waals surface area contributed by atoms with E-state index in [0.29, 0.717) is 16.1 Å². The topological polar surface area (TPSA) is 15.7 Å². The average molecular weight is 379 g/mol. The number of nitrogens with zero attached hydrogens (tertiary/aromatic N) is 3. The van der Waals surface area contributed by atoms with E-state index >= 15 is 0 Å². The summed E-state index contributed by atoms with van der Waals surface area (Å²) in [5.41, 5.74) is 3.06. The van der Waals surface area contributed by atoms with Gasteiger partial charge < -0.3 is 4.74 Å². The number of benzene rings is 1. The lowest BCUT2D eigenvalue weighted by Crippen LogP contribution is -2.63. The van der Waals surface area contributed by atoms with E-state index in [1.165, 1.54) is 36.0 Å². The van der Waals surface area contributed by atoms with Crippen molar-refractivity contribution in [3.8, 4) is 0 Å². The van der Waals surface area contributed by atoms with Gasteiger partial charge in [0.25, 0.3) is 0 Å². The highest BCUT2D eigenvalue weighted by atomic mass is 35.5. The van der Waals surface area contributed by atoms with Gasteiger partial charge in [-0.05, 0) is 36.6 Å². The summed E-state index contributed by atoms with van der Waals surface area (Å²) in [6, 6.07) is 6.58. The van der Waals surface area contributed by atoms with Gasteiger partial charge in [-0.3, -0.25) is 9.49 Å². The molecule has 1 aromatic carbocycles. The van der Waals surface area contributed by atoms with Gasteiger partial charge in [-0.15, -0.1) is 0 Å². The van der Waals surface area contributed by atoms with Crippen LogP contribution in [0.2, 0.25) is 10.0 Å². The number of anilines is 1. The fourth-order valence-electron chi connectivity index (χ4n) is 6.14. The molecule has 2 spiro atoms. The molecule has 3 atom stereocenters. The number of quaternary nitrogens is 1. The fourth-order valence-corrected chi connectivity index (χ4v) is 6.43. The lowest BCUT2D eigenvalue weighted by Gasteiger charge is -2.49. The van der Waals surface area contributed by atoms with E-state index in [1.54, 1.807) is 5.57 Å². The molecule has 3 unspecified atom stereocenters. The molecule has 4 heterocycles. The molecule has 5 aliphatic rings. The first kappa shape index (κ1) is 15.2. The van der Waals surface area contributed by atoms with E-state index in [9.17, 15) is 0 Å². The Bertz CT molecular complexity index is 791. The molecule has 0 radical (unpaired) electrons. The van der Waals surface area contributed by atoms with Crippen LogP contribution in [0, 0.1) is 5.92 Å². The Labute approximate surface area is 158 Å². The molecule has 4 aliphatic heterocycles. The van der Waals surface area contributed by atoms with Crippen LogP contribution in [0.25, 0.3) is 0 Å². The monoisotopic (exact) mass is 378 g/mol. The standard InChI is InChI=1S/C19H22Cl2N3O/c20-16-5-4-13(10-17(16)21)23-18-3-1-2-15-14(18)11-22(23)19(15)12-24(19)6-8-25-9-7-24/h4-5,10-11,15,18H,1-3,6-9,12H2/q+1. The first-order chi connectivity index (χ1) is 12.2. The molecule has 2 saturated heterocycles. The van der Waals surface area contributed by atoms with Crippen molar-refractivity contribution in [2.45, 2.75) is 31.0 Å². The molecule has 2 bridgehead atoms. The maximum Gasteiger partial charge on any atom is 0.248 e. The normalized spacial score (nSPS) is 37.1. The van der Waals surface area contributed by atoms with E-state index in [0.717, 1.165) is 32.2 Å². The van der Waals surface area contributed by atoms with Crippen molar-refractivity contribution in [1.29, 1.82) is 0 Å². The Hall–Kier alpha value is -0.940. The lowest BCUT2D eigenvalue weighted by atomic mass is 9.77. The van der Waals surface area contributed by atoms with Gasteiger partial charge in [0.15, 0.2) is 6.54 Å². The van der Waals surface area contributed by atoms with Gasteiger partial charge in [-0.2, -0.15) is 0 Å². The SMILES string of the molecule is Clc1ccc(N2C3CCCC4C3=CN2C42C[N+]23CCOCC3)cc1Cl. The molecule has 3 fully saturated rings. The van der Waals surface area contributed by atoms with Crippen molar-refractivity contribution in [2.24, 2.45) is 5.92 Å². The van der Waals surface area contributed by atoms with Gasteiger partial charge in [-0.1, -0.05) is 29.6 Å². The second-order valence-corrected chi connectivity index (χ2v) is 8.97. The van der Waals surface area contributed by atoms with Crippen molar-refractivity contribution in [3.63, 3.8) is 0 Å². The average Bonchev–Trinajstić information content (AvgIpc) is 2.93. The first-order valence-corrected chi connectivity index (χ1v) is 10.1. The van der Waals surface area contributed by atoms with Gasteiger partial charge in [-0.25, -0.2) is 5.01 Å². The summed E-state index contributed by atoms with van der Waals surface area (Å²) in [6.45, 7) is 5.34. The van der Waals surface area contributed by atoms with Crippen LogP contribution >= 0.6 is 23.2 Å². The minimum absolute atomic E-state index is 0.238. The number of morpholine rings is 1. The van der Waals surface area contributed by atoms with Crippen molar-refractivity contribution < 1.29 is 9.22 Å². The lowest BCUT2D eigenvalue weighted by molar-refractivity contribution is -0.850. The Morgan fingerprint density at radius 2 is 1.96 bits per heavy atom. The third-order valence-corrected chi connectivity index (χ3v) is 8.00. The number of rotatable bonds is 1. The minimum Gasteiger partial charge on any atom is -0.370 e. The highest BCUT2D eigenvalue weighted by Gasteiger charge is 2.82.